The molecule has 154 valence electrons. The van der Waals surface area contributed by atoms with Gasteiger partial charge in [0.25, 0.3) is 5.91 Å². The van der Waals surface area contributed by atoms with Crippen LogP contribution in [0, 0.1) is 0 Å². The number of hydrogen-bond acceptors (Lipinski definition) is 5. The van der Waals surface area contributed by atoms with Crippen molar-refractivity contribution in [2.24, 2.45) is 5.10 Å². The van der Waals surface area contributed by atoms with E-state index in [9.17, 15) is 9.90 Å². The predicted molar refractivity (Wildman–Crippen MR) is 122 cm³/mol. The number of pyridine rings is 1. The number of para-hydroxylation sites is 1. The minimum Gasteiger partial charge on any atom is -0.508 e. The fraction of sp³-hybridized carbons (Fsp3) is 0.0800. The molecule has 6 heteroatoms. The van der Waals surface area contributed by atoms with Crippen LogP contribution in [0.15, 0.2) is 84.0 Å². The molecule has 0 radical (unpaired) electrons. The minimum absolute atomic E-state index is 0.172. The Bertz CT molecular complexity index is 1230. The molecular formula is C25H21N3O3. The molecule has 4 aromatic rings. The summed E-state index contributed by atoms with van der Waals surface area (Å²) in [6.45, 7) is 2.54. The number of rotatable bonds is 6. The molecule has 1 amide bonds. The zero-order valence-corrected chi connectivity index (χ0v) is 16.9. The summed E-state index contributed by atoms with van der Waals surface area (Å²) in [4.78, 5) is 17.6. The maximum Gasteiger partial charge on any atom is 0.272 e. The molecule has 2 N–H and O–H groups in total. The molecule has 4 rings (SSSR count). The Kier molecular flexibility index (Phi) is 5.89. The third-order valence-electron chi connectivity index (χ3n) is 4.69. The van der Waals surface area contributed by atoms with Gasteiger partial charge in [-0.1, -0.05) is 18.2 Å². The fourth-order valence-electron chi connectivity index (χ4n) is 3.19. The van der Waals surface area contributed by atoms with Crippen LogP contribution in [-0.4, -0.2) is 28.8 Å². The number of ether oxygens (including phenoxy) is 1. The van der Waals surface area contributed by atoms with Crippen molar-refractivity contribution in [1.29, 1.82) is 0 Å². The van der Waals surface area contributed by atoms with Gasteiger partial charge < -0.3 is 9.84 Å². The van der Waals surface area contributed by atoms with Crippen molar-refractivity contribution in [3.63, 3.8) is 0 Å². The number of amides is 1. The molecule has 0 aliphatic rings. The Morgan fingerprint density at radius 1 is 1.06 bits per heavy atom. The maximum atomic E-state index is 12.9. The first-order valence-corrected chi connectivity index (χ1v) is 9.89. The van der Waals surface area contributed by atoms with Crippen molar-refractivity contribution in [3.05, 3.63) is 90.0 Å². The third-order valence-corrected chi connectivity index (χ3v) is 4.69. The van der Waals surface area contributed by atoms with Crippen LogP contribution in [0.4, 0.5) is 0 Å². The van der Waals surface area contributed by atoms with Crippen LogP contribution in [0.5, 0.6) is 11.5 Å². The molecule has 6 nitrogen and oxygen atoms in total. The Balaban J connectivity index is 1.64. The molecule has 3 aromatic carbocycles. The van der Waals surface area contributed by atoms with E-state index in [0.717, 1.165) is 27.8 Å². The lowest BCUT2D eigenvalue weighted by atomic mass is 10.0. The summed E-state index contributed by atoms with van der Waals surface area (Å²) in [6.07, 6.45) is 1.52. The fourth-order valence-corrected chi connectivity index (χ4v) is 3.19. The Morgan fingerprint density at radius 3 is 2.55 bits per heavy atom. The number of nitrogens with one attached hydrogen (secondary N) is 1. The number of fused-ring (bicyclic) bond motifs is 1. The molecule has 0 fully saturated rings. The van der Waals surface area contributed by atoms with E-state index < -0.39 is 0 Å². The molecule has 0 spiro atoms. The summed E-state index contributed by atoms with van der Waals surface area (Å²) in [5, 5.41) is 14.1. The molecule has 0 atom stereocenters. The van der Waals surface area contributed by atoms with Gasteiger partial charge in [-0.15, -0.1) is 0 Å². The Labute approximate surface area is 179 Å². The van der Waals surface area contributed by atoms with Crippen LogP contribution in [0.25, 0.3) is 22.2 Å². The van der Waals surface area contributed by atoms with Gasteiger partial charge in [-0.3, -0.25) is 4.79 Å². The second kappa shape index (κ2) is 9.09. The molecule has 31 heavy (non-hydrogen) atoms. The predicted octanol–water partition coefficient (Wildman–Crippen LogP) is 4.77. The molecule has 0 bridgehead atoms. The van der Waals surface area contributed by atoms with Crippen molar-refractivity contribution in [2.75, 3.05) is 6.61 Å². The zero-order valence-electron chi connectivity index (χ0n) is 16.9. The van der Waals surface area contributed by atoms with Gasteiger partial charge >= 0.3 is 0 Å². The number of hydrogen-bond donors (Lipinski definition) is 2. The SMILES string of the molecule is CCOc1ccc(-c2cc(C(=O)N/N=C\c3ccc(O)cc3)c3ccccc3n2)cc1. The second-order valence-electron chi connectivity index (χ2n) is 6.82. The largest absolute Gasteiger partial charge is 0.508 e. The summed E-state index contributed by atoms with van der Waals surface area (Å²) >= 11 is 0. The van der Waals surface area contributed by atoms with Gasteiger partial charge in [-0.2, -0.15) is 5.10 Å². The quantitative estimate of drug-likeness (QED) is 0.354. The first-order valence-electron chi connectivity index (χ1n) is 9.89. The van der Waals surface area contributed by atoms with E-state index in [0.29, 0.717) is 17.9 Å². The van der Waals surface area contributed by atoms with Gasteiger partial charge in [0.2, 0.25) is 0 Å². The van der Waals surface area contributed by atoms with Crippen LogP contribution >= 0.6 is 0 Å². The first kappa shape index (κ1) is 20.1. The number of hydrazone groups is 1. The maximum absolute atomic E-state index is 12.9. The number of nitrogens with zero attached hydrogens (tertiary/aromatic N) is 2. The smallest absolute Gasteiger partial charge is 0.272 e. The van der Waals surface area contributed by atoms with Crippen LogP contribution in [0.1, 0.15) is 22.8 Å². The van der Waals surface area contributed by atoms with E-state index in [1.54, 1.807) is 30.3 Å². The monoisotopic (exact) mass is 411 g/mol. The van der Waals surface area contributed by atoms with Crippen molar-refractivity contribution >= 4 is 23.0 Å². The van der Waals surface area contributed by atoms with Crippen molar-refractivity contribution in [1.82, 2.24) is 10.4 Å². The van der Waals surface area contributed by atoms with Crippen LogP contribution in [0.2, 0.25) is 0 Å². The average Bonchev–Trinajstić information content (AvgIpc) is 2.80. The van der Waals surface area contributed by atoms with Crippen molar-refractivity contribution in [2.45, 2.75) is 6.92 Å². The highest BCUT2D eigenvalue weighted by molar-refractivity contribution is 6.07. The number of phenols is 1. The molecular weight excluding hydrogens is 390 g/mol. The minimum atomic E-state index is -0.333. The molecule has 0 aliphatic heterocycles. The number of aromatic nitrogens is 1. The topological polar surface area (TPSA) is 83.8 Å². The Hall–Kier alpha value is -4.19. The number of carbonyl (C=O) groups is 1. The number of benzene rings is 3. The normalized spacial score (nSPS) is 11.0. The van der Waals surface area contributed by atoms with E-state index in [4.69, 9.17) is 9.72 Å². The van der Waals surface area contributed by atoms with E-state index in [-0.39, 0.29) is 11.7 Å². The van der Waals surface area contributed by atoms with Gasteiger partial charge in [-0.25, -0.2) is 10.4 Å². The molecule has 1 heterocycles. The first-order chi connectivity index (χ1) is 15.1. The second-order valence-corrected chi connectivity index (χ2v) is 6.82. The molecule has 0 saturated heterocycles. The highest BCUT2D eigenvalue weighted by Crippen LogP contribution is 2.26. The number of aromatic hydroxyl groups is 1. The Morgan fingerprint density at radius 2 is 1.81 bits per heavy atom. The summed E-state index contributed by atoms with van der Waals surface area (Å²) < 4.78 is 5.50. The number of phenolic OH excluding ortho intramolecular Hbond substituents is 1. The summed E-state index contributed by atoms with van der Waals surface area (Å²) in [5.74, 6) is 0.626. The van der Waals surface area contributed by atoms with Gasteiger partial charge in [-0.05, 0) is 73.2 Å². The van der Waals surface area contributed by atoms with Gasteiger partial charge in [0, 0.05) is 10.9 Å². The van der Waals surface area contributed by atoms with E-state index >= 15 is 0 Å². The lowest BCUT2D eigenvalue weighted by Gasteiger charge is -2.10. The summed E-state index contributed by atoms with van der Waals surface area (Å²) in [6, 6.07) is 23.4. The van der Waals surface area contributed by atoms with Gasteiger partial charge in [0.05, 0.1) is 29.6 Å². The highest BCUT2D eigenvalue weighted by Gasteiger charge is 2.13. The molecule has 0 unspecified atom stereocenters. The van der Waals surface area contributed by atoms with Crippen molar-refractivity contribution < 1.29 is 14.6 Å². The molecule has 0 saturated carbocycles. The average molecular weight is 411 g/mol. The third kappa shape index (κ3) is 4.70. The van der Waals surface area contributed by atoms with Gasteiger partial charge in [0.15, 0.2) is 0 Å². The lowest BCUT2D eigenvalue weighted by molar-refractivity contribution is 0.0956. The van der Waals surface area contributed by atoms with Crippen molar-refractivity contribution in [3.8, 4) is 22.8 Å². The van der Waals surface area contributed by atoms with Gasteiger partial charge in [0.1, 0.15) is 11.5 Å². The van der Waals surface area contributed by atoms with E-state index in [1.807, 2.05) is 55.5 Å². The highest BCUT2D eigenvalue weighted by atomic mass is 16.5. The lowest BCUT2D eigenvalue weighted by Crippen LogP contribution is -2.18. The van der Waals surface area contributed by atoms with Crippen LogP contribution in [0.3, 0.4) is 0 Å². The molecule has 1 aromatic heterocycles. The van der Waals surface area contributed by atoms with E-state index in [2.05, 4.69) is 10.5 Å². The van der Waals surface area contributed by atoms with Crippen LogP contribution in [-0.2, 0) is 0 Å². The van der Waals surface area contributed by atoms with Crippen LogP contribution < -0.4 is 10.2 Å². The number of carbonyl (C=O) groups excluding carboxylic acids is 1. The molecule has 0 aliphatic carbocycles. The summed E-state index contributed by atoms with van der Waals surface area (Å²) in [5.41, 5.74) is 6.12. The zero-order chi connectivity index (χ0) is 21.6. The van der Waals surface area contributed by atoms with E-state index in [1.165, 1.54) is 6.21 Å². The standard InChI is InChI=1S/C25H21N3O3/c1-2-31-20-13-9-18(10-14-20)24-15-22(21-5-3-4-6-23(21)27-24)25(30)28-26-16-17-7-11-19(29)12-8-17/h3-16,29H,2H2,1H3,(H,28,30)/b26-16-. The summed E-state index contributed by atoms with van der Waals surface area (Å²) in [7, 11) is 0.